The van der Waals surface area contributed by atoms with Gasteiger partial charge in [0, 0.05) is 11.6 Å². The van der Waals surface area contributed by atoms with Gasteiger partial charge in [0.2, 0.25) is 0 Å². The van der Waals surface area contributed by atoms with Gasteiger partial charge in [0.05, 0.1) is 15.6 Å². The van der Waals surface area contributed by atoms with Crippen LogP contribution in [0.1, 0.15) is 5.76 Å². The Kier molecular flexibility index (Phi) is 5.83. The quantitative estimate of drug-likeness (QED) is 0.216. The minimum absolute atomic E-state index is 0.0641. The number of urea groups is 1. The maximum atomic E-state index is 13.2. The summed E-state index contributed by atoms with van der Waals surface area (Å²) in [6.45, 7) is 0. The van der Waals surface area contributed by atoms with Gasteiger partial charge in [0.15, 0.2) is 0 Å². The molecule has 0 atom stereocenters. The van der Waals surface area contributed by atoms with Crippen LogP contribution in [-0.2, 0) is 9.59 Å². The van der Waals surface area contributed by atoms with Crippen LogP contribution in [0.5, 0.6) is 0 Å². The fourth-order valence-electron chi connectivity index (χ4n) is 3.06. The maximum Gasteiger partial charge on any atom is 0.335 e. The van der Waals surface area contributed by atoms with Crippen LogP contribution in [0, 0.1) is 15.9 Å². The molecule has 9 nitrogen and oxygen atoms in total. The van der Waals surface area contributed by atoms with E-state index in [2.05, 4.69) is 15.9 Å². The van der Waals surface area contributed by atoms with Gasteiger partial charge in [-0.15, -0.1) is 0 Å². The van der Waals surface area contributed by atoms with E-state index < -0.39 is 34.2 Å². The molecule has 0 saturated carbocycles. The number of nitrogens with zero attached hydrogens (tertiary/aromatic N) is 2. The number of nitro groups is 1. The second-order valence-electron chi connectivity index (χ2n) is 6.68. The number of benzene rings is 2. The summed E-state index contributed by atoms with van der Waals surface area (Å²) in [6, 6.07) is 9.19. The number of carbonyl (C=O) groups excluding carboxylic acids is 3. The van der Waals surface area contributed by atoms with E-state index in [9.17, 15) is 28.9 Å². The molecule has 1 aliphatic heterocycles. The minimum atomic E-state index is -0.981. The van der Waals surface area contributed by atoms with Crippen LogP contribution in [0.4, 0.5) is 20.6 Å². The number of amides is 4. The molecule has 2 heterocycles. The Labute approximate surface area is 197 Å². The lowest BCUT2D eigenvalue weighted by Gasteiger charge is -2.26. The largest absolute Gasteiger partial charge is 0.457 e. The molecule has 4 rings (SSSR count). The number of hydrogen-bond donors (Lipinski definition) is 1. The summed E-state index contributed by atoms with van der Waals surface area (Å²) >= 11 is 9.10. The average molecular weight is 535 g/mol. The highest BCUT2D eigenvalue weighted by Gasteiger charge is 2.37. The molecule has 1 fully saturated rings. The van der Waals surface area contributed by atoms with Gasteiger partial charge in [-0.1, -0.05) is 11.6 Å². The fourth-order valence-corrected chi connectivity index (χ4v) is 3.65. The lowest BCUT2D eigenvalue weighted by Crippen LogP contribution is -2.54. The standard InChI is InChI=1S/C21H10BrClFN3O6/c22-18-15(23)7-10(8-16(18)27(31)32)17-6-5-13(33-17)9-14-19(28)25-21(30)26(20(14)29)12-3-1-11(24)2-4-12/h1-9H,(H,25,28,30)/b14-9+. The van der Waals surface area contributed by atoms with Crippen molar-refractivity contribution in [2.45, 2.75) is 0 Å². The second kappa shape index (κ2) is 8.60. The first-order valence-electron chi connectivity index (χ1n) is 9.06. The van der Waals surface area contributed by atoms with E-state index in [1.807, 2.05) is 5.32 Å². The Morgan fingerprint density at radius 1 is 1.12 bits per heavy atom. The van der Waals surface area contributed by atoms with Crippen molar-refractivity contribution in [3.05, 3.63) is 85.3 Å². The molecule has 2 aromatic carbocycles. The minimum Gasteiger partial charge on any atom is -0.457 e. The molecule has 1 aliphatic rings. The lowest BCUT2D eigenvalue weighted by atomic mass is 10.1. The Morgan fingerprint density at radius 2 is 1.82 bits per heavy atom. The zero-order valence-electron chi connectivity index (χ0n) is 16.2. The summed E-state index contributed by atoms with van der Waals surface area (Å²) in [5, 5.41) is 13.4. The molecule has 12 heteroatoms. The number of anilines is 1. The van der Waals surface area contributed by atoms with Crippen molar-refractivity contribution in [2.24, 2.45) is 0 Å². The van der Waals surface area contributed by atoms with Crippen LogP contribution in [0.3, 0.4) is 0 Å². The molecule has 0 spiro atoms. The van der Waals surface area contributed by atoms with Crippen LogP contribution in [-0.4, -0.2) is 22.8 Å². The van der Waals surface area contributed by atoms with Gasteiger partial charge in [-0.2, -0.15) is 0 Å². The number of imide groups is 2. The van der Waals surface area contributed by atoms with Gasteiger partial charge in [-0.3, -0.25) is 25.0 Å². The van der Waals surface area contributed by atoms with Crippen molar-refractivity contribution in [1.82, 2.24) is 5.32 Å². The van der Waals surface area contributed by atoms with Gasteiger partial charge < -0.3 is 4.42 Å². The average Bonchev–Trinajstić information content (AvgIpc) is 3.22. The van der Waals surface area contributed by atoms with Crippen molar-refractivity contribution in [3.8, 4) is 11.3 Å². The Morgan fingerprint density at radius 3 is 2.48 bits per heavy atom. The molecule has 33 heavy (non-hydrogen) atoms. The molecule has 1 saturated heterocycles. The monoisotopic (exact) mass is 533 g/mol. The van der Waals surface area contributed by atoms with E-state index in [1.54, 1.807) is 0 Å². The van der Waals surface area contributed by atoms with Gasteiger partial charge in [-0.25, -0.2) is 14.1 Å². The number of rotatable bonds is 4. The SMILES string of the molecule is O=C1NC(=O)N(c2ccc(F)cc2)C(=O)/C1=C/c1ccc(-c2cc(Cl)c(Br)c([N+](=O)[O-])c2)o1. The summed E-state index contributed by atoms with van der Waals surface area (Å²) in [7, 11) is 0. The molecule has 1 aromatic heterocycles. The second-order valence-corrected chi connectivity index (χ2v) is 7.88. The first-order valence-corrected chi connectivity index (χ1v) is 10.2. The first kappa shape index (κ1) is 22.4. The topological polar surface area (TPSA) is 123 Å². The normalized spacial score (nSPS) is 15.2. The predicted octanol–water partition coefficient (Wildman–Crippen LogP) is 5.08. The number of nitro benzene ring substituents is 1. The highest BCUT2D eigenvalue weighted by atomic mass is 79.9. The Balaban J connectivity index is 1.69. The summed E-state index contributed by atoms with van der Waals surface area (Å²) in [5.74, 6) is -2.18. The highest BCUT2D eigenvalue weighted by Crippen LogP contribution is 2.37. The molecule has 3 aromatic rings. The smallest absolute Gasteiger partial charge is 0.335 e. The van der Waals surface area contributed by atoms with E-state index in [1.165, 1.54) is 36.4 Å². The van der Waals surface area contributed by atoms with E-state index in [0.29, 0.717) is 10.5 Å². The summed E-state index contributed by atoms with van der Waals surface area (Å²) in [6.07, 6.45) is 1.12. The Hall–Kier alpha value is -3.83. The first-order chi connectivity index (χ1) is 15.7. The number of carbonyl (C=O) groups is 3. The van der Waals surface area contributed by atoms with Crippen molar-refractivity contribution < 1.29 is 28.1 Å². The van der Waals surface area contributed by atoms with Crippen LogP contribution >= 0.6 is 27.5 Å². The zero-order valence-corrected chi connectivity index (χ0v) is 18.5. The van der Waals surface area contributed by atoms with Crippen LogP contribution < -0.4 is 10.2 Å². The zero-order chi connectivity index (χ0) is 23.9. The number of barbiturate groups is 1. The molecule has 166 valence electrons. The third-order valence-corrected chi connectivity index (χ3v) is 5.95. The van der Waals surface area contributed by atoms with E-state index >= 15 is 0 Å². The summed E-state index contributed by atoms with van der Waals surface area (Å²) in [4.78, 5) is 48.6. The lowest BCUT2D eigenvalue weighted by molar-refractivity contribution is -0.385. The molecule has 1 N–H and O–H groups in total. The van der Waals surface area contributed by atoms with Crippen molar-refractivity contribution in [1.29, 1.82) is 0 Å². The molecule has 4 amide bonds. The highest BCUT2D eigenvalue weighted by molar-refractivity contribution is 9.10. The number of furan rings is 1. The van der Waals surface area contributed by atoms with Crippen molar-refractivity contribution >= 4 is 62.8 Å². The van der Waals surface area contributed by atoms with Crippen molar-refractivity contribution in [3.63, 3.8) is 0 Å². The fraction of sp³-hybridized carbons (Fsp3) is 0. The van der Waals surface area contributed by atoms with Crippen molar-refractivity contribution in [2.75, 3.05) is 4.90 Å². The maximum absolute atomic E-state index is 13.2. The van der Waals surface area contributed by atoms with Gasteiger partial charge in [-0.05, 0) is 64.5 Å². The summed E-state index contributed by atoms with van der Waals surface area (Å²) in [5.41, 5.74) is -0.319. The molecule has 0 aliphatic carbocycles. The molecule has 0 radical (unpaired) electrons. The van der Waals surface area contributed by atoms with Crippen LogP contribution in [0.15, 0.2) is 63.0 Å². The molecular formula is C21H10BrClFN3O6. The van der Waals surface area contributed by atoms with Gasteiger partial charge in [0.25, 0.3) is 17.5 Å². The number of halogens is 3. The third kappa shape index (κ3) is 4.28. The predicted molar refractivity (Wildman–Crippen MR) is 119 cm³/mol. The van der Waals surface area contributed by atoms with Gasteiger partial charge >= 0.3 is 6.03 Å². The molecule has 0 bridgehead atoms. The number of nitrogens with one attached hydrogen (secondary N) is 1. The third-order valence-electron chi connectivity index (χ3n) is 4.59. The Bertz CT molecular complexity index is 1370. The molecular weight excluding hydrogens is 525 g/mol. The van der Waals surface area contributed by atoms with E-state index in [0.717, 1.165) is 18.2 Å². The van der Waals surface area contributed by atoms with Gasteiger partial charge in [0.1, 0.15) is 27.4 Å². The number of hydrogen-bond acceptors (Lipinski definition) is 6. The van der Waals surface area contributed by atoms with Crippen LogP contribution in [0.2, 0.25) is 5.02 Å². The van der Waals surface area contributed by atoms with E-state index in [4.69, 9.17) is 16.0 Å². The van der Waals surface area contributed by atoms with E-state index in [-0.39, 0.29) is 32.4 Å². The molecule has 0 unspecified atom stereocenters. The van der Waals surface area contributed by atoms with Crippen LogP contribution in [0.25, 0.3) is 17.4 Å². The summed E-state index contributed by atoms with van der Waals surface area (Å²) < 4.78 is 18.9.